The fourth-order valence-corrected chi connectivity index (χ4v) is 2.68. The molecule has 1 aromatic carbocycles. The fourth-order valence-electron chi connectivity index (χ4n) is 2.15. The predicted molar refractivity (Wildman–Crippen MR) is 63.3 cm³/mol. The molecule has 1 aromatic rings. The van der Waals surface area contributed by atoms with Crippen molar-refractivity contribution in [3.8, 4) is 0 Å². The average molecular weight is 254 g/mol. The van der Waals surface area contributed by atoms with Crippen molar-refractivity contribution in [2.24, 2.45) is 5.92 Å². The molecule has 76 valence electrons. The van der Waals surface area contributed by atoms with E-state index in [1.807, 2.05) is 0 Å². The van der Waals surface area contributed by atoms with Gasteiger partial charge in [-0.15, -0.1) is 0 Å². The Bertz CT molecular complexity index is 307. The van der Waals surface area contributed by atoms with Gasteiger partial charge in [-0.1, -0.05) is 40.5 Å². The maximum Gasteiger partial charge on any atom is 0.0357 e. The maximum atomic E-state index is 3.62. The van der Waals surface area contributed by atoms with Gasteiger partial charge in [0.05, 0.1) is 0 Å². The maximum absolute atomic E-state index is 3.62. The monoisotopic (exact) mass is 253 g/mol. The van der Waals surface area contributed by atoms with Crippen LogP contribution >= 0.6 is 15.9 Å². The summed E-state index contributed by atoms with van der Waals surface area (Å²) in [5.41, 5.74) is 1.40. The Morgan fingerprint density at radius 1 is 1.36 bits per heavy atom. The summed E-state index contributed by atoms with van der Waals surface area (Å²) < 4.78 is 1.23. The Kier molecular flexibility index (Phi) is 3.24. The van der Waals surface area contributed by atoms with Crippen LogP contribution in [0.1, 0.15) is 30.9 Å². The zero-order valence-corrected chi connectivity index (χ0v) is 10.0. The second kappa shape index (κ2) is 4.45. The molecule has 1 saturated carbocycles. The summed E-state index contributed by atoms with van der Waals surface area (Å²) >= 11 is 3.62. The van der Waals surface area contributed by atoms with E-state index < -0.39 is 0 Å². The van der Waals surface area contributed by atoms with Crippen LogP contribution in [-0.4, -0.2) is 7.05 Å². The van der Waals surface area contributed by atoms with Gasteiger partial charge in [-0.25, -0.2) is 0 Å². The van der Waals surface area contributed by atoms with E-state index in [9.17, 15) is 0 Å². The lowest BCUT2D eigenvalue weighted by molar-refractivity contribution is 0.239. The minimum atomic E-state index is 0.527. The largest absolute Gasteiger partial charge is 0.313 e. The molecule has 2 heteroatoms. The van der Waals surface area contributed by atoms with E-state index >= 15 is 0 Å². The Labute approximate surface area is 94.0 Å². The first kappa shape index (κ1) is 10.2. The number of halogens is 1. The number of hydrogen-bond acceptors (Lipinski definition) is 1. The van der Waals surface area contributed by atoms with E-state index in [1.165, 1.54) is 29.3 Å². The Morgan fingerprint density at radius 3 is 2.57 bits per heavy atom. The Balaban J connectivity index is 2.22. The third-order valence-electron chi connectivity index (χ3n) is 3.17. The van der Waals surface area contributed by atoms with Crippen LogP contribution in [0.3, 0.4) is 0 Å². The van der Waals surface area contributed by atoms with Crippen molar-refractivity contribution in [1.29, 1.82) is 0 Å². The first-order valence-electron chi connectivity index (χ1n) is 5.24. The van der Waals surface area contributed by atoms with E-state index in [2.05, 4.69) is 52.6 Å². The minimum absolute atomic E-state index is 0.527. The van der Waals surface area contributed by atoms with Crippen LogP contribution < -0.4 is 5.32 Å². The number of rotatable bonds is 3. The predicted octanol–water partition coefficient (Wildman–Crippen LogP) is 3.51. The van der Waals surface area contributed by atoms with Gasteiger partial charge in [-0.2, -0.15) is 0 Å². The SMILES string of the molecule is CNC(c1ccccc1Br)C1CCC1. The van der Waals surface area contributed by atoms with Crippen molar-refractivity contribution in [3.63, 3.8) is 0 Å². The number of benzene rings is 1. The third-order valence-corrected chi connectivity index (χ3v) is 3.89. The normalized spacial score (nSPS) is 19.0. The van der Waals surface area contributed by atoms with Gasteiger partial charge in [0.25, 0.3) is 0 Å². The lowest BCUT2D eigenvalue weighted by Crippen LogP contribution is -2.29. The molecule has 0 amide bonds. The molecule has 0 radical (unpaired) electrons. The van der Waals surface area contributed by atoms with Crippen molar-refractivity contribution in [2.75, 3.05) is 7.05 Å². The first-order valence-corrected chi connectivity index (χ1v) is 6.04. The summed E-state index contributed by atoms with van der Waals surface area (Å²) in [5, 5.41) is 3.43. The van der Waals surface area contributed by atoms with E-state index in [1.54, 1.807) is 0 Å². The highest BCUT2D eigenvalue weighted by molar-refractivity contribution is 9.10. The molecule has 1 aliphatic rings. The van der Waals surface area contributed by atoms with Crippen LogP contribution in [0.5, 0.6) is 0 Å². The number of nitrogens with one attached hydrogen (secondary N) is 1. The number of hydrogen-bond donors (Lipinski definition) is 1. The van der Waals surface area contributed by atoms with Gasteiger partial charge in [0.2, 0.25) is 0 Å². The van der Waals surface area contributed by atoms with E-state index in [-0.39, 0.29) is 0 Å². The van der Waals surface area contributed by atoms with Gasteiger partial charge in [0.1, 0.15) is 0 Å². The van der Waals surface area contributed by atoms with E-state index in [0.29, 0.717) is 6.04 Å². The van der Waals surface area contributed by atoms with Gasteiger partial charge < -0.3 is 5.32 Å². The van der Waals surface area contributed by atoms with Crippen LogP contribution in [-0.2, 0) is 0 Å². The van der Waals surface area contributed by atoms with Crippen molar-refractivity contribution < 1.29 is 0 Å². The molecule has 0 aromatic heterocycles. The van der Waals surface area contributed by atoms with Crippen LogP contribution in [0.2, 0.25) is 0 Å². The molecule has 0 aliphatic heterocycles. The summed E-state index contributed by atoms with van der Waals surface area (Å²) in [7, 11) is 2.06. The highest BCUT2D eigenvalue weighted by atomic mass is 79.9. The van der Waals surface area contributed by atoms with Crippen molar-refractivity contribution in [1.82, 2.24) is 5.32 Å². The summed E-state index contributed by atoms with van der Waals surface area (Å²) in [6.45, 7) is 0. The van der Waals surface area contributed by atoms with Crippen LogP contribution in [0.4, 0.5) is 0 Å². The zero-order valence-electron chi connectivity index (χ0n) is 8.46. The standard InChI is InChI=1S/C12H16BrN/c1-14-12(9-5-4-6-9)10-7-2-3-8-11(10)13/h2-3,7-9,12,14H,4-6H2,1H3. The molecule has 1 unspecified atom stereocenters. The van der Waals surface area contributed by atoms with Crippen molar-refractivity contribution in [2.45, 2.75) is 25.3 Å². The lowest BCUT2D eigenvalue weighted by Gasteiger charge is -2.34. The molecule has 1 fully saturated rings. The average Bonchev–Trinajstić information content (AvgIpc) is 2.12. The Hall–Kier alpha value is -0.340. The summed E-state index contributed by atoms with van der Waals surface area (Å²) in [6, 6.07) is 9.05. The van der Waals surface area contributed by atoms with E-state index in [0.717, 1.165) is 5.92 Å². The van der Waals surface area contributed by atoms with Gasteiger partial charge in [0.15, 0.2) is 0 Å². The topological polar surface area (TPSA) is 12.0 Å². The quantitative estimate of drug-likeness (QED) is 0.870. The second-order valence-corrected chi connectivity index (χ2v) is 4.83. The molecule has 1 N–H and O–H groups in total. The molecule has 14 heavy (non-hydrogen) atoms. The van der Waals surface area contributed by atoms with Gasteiger partial charge in [-0.3, -0.25) is 0 Å². The minimum Gasteiger partial charge on any atom is -0.313 e. The third kappa shape index (κ3) is 1.86. The van der Waals surface area contributed by atoms with Crippen LogP contribution in [0.15, 0.2) is 28.7 Å². The molecule has 1 atom stereocenters. The van der Waals surface area contributed by atoms with Crippen molar-refractivity contribution in [3.05, 3.63) is 34.3 Å². The summed E-state index contributed by atoms with van der Waals surface area (Å²) in [4.78, 5) is 0. The Morgan fingerprint density at radius 2 is 2.07 bits per heavy atom. The highest BCUT2D eigenvalue weighted by Crippen LogP contribution is 2.39. The molecular weight excluding hydrogens is 238 g/mol. The molecule has 0 spiro atoms. The summed E-state index contributed by atoms with van der Waals surface area (Å²) in [5.74, 6) is 0.832. The molecule has 0 saturated heterocycles. The van der Waals surface area contributed by atoms with E-state index in [4.69, 9.17) is 0 Å². The van der Waals surface area contributed by atoms with Crippen molar-refractivity contribution >= 4 is 15.9 Å². The molecule has 1 nitrogen and oxygen atoms in total. The van der Waals surface area contributed by atoms with Crippen LogP contribution in [0.25, 0.3) is 0 Å². The second-order valence-electron chi connectivity index (χ2n) is 3.98. The molecule has 1 aliphatic carbocycles. The molecule has 0 bridgehead atoms. The lowest BCUT2D eigenvalue weighted by atomic mass is 9.77. The first-order chi connectivity index (χ1) is 6.83. The van der Waals surface area contributed by atoms with Gasteiger partial charge in [0, 0.05) is 10.5 Å². The van der Waals surface area contributed by atoms with Gasteiger partial charge >= 0.3 is 0 Å². The summed E-state index contributed by atoms with van der Waals surface area (Å²) in [6.07, 6.45) is 4.13. The smallest absolute Gasteiger partial charge is 0.0357 e. The molecular formula is C12H16BrN. The molecule has 0 heterocycles. The highest BCUT2D eigenvalue weighted by Gasteiger charge is 2.28. The fraction of sp³-hybridized carbons (Fsp3) is 0.500. The van der Waals surface area contributed by atoms with Gasteiger partial charge in [-0.05, 0) is 37.4 Å². The van der Waals surface area contributed by atoms with Crippen LogP contribution in [0, 0.1) is 5.92 Å². The molecule has 2 rings (SSSR count). The zero-order chi connectivity index (χ0) is 9.97.